The molecule has 0 aliphatic rings. The third-order valence-corrected chi connectivity index (χ3v) is 3.84. The predicted molar refractivity (Wildman–Crippen MR) is 111 cm³/mol. The maximum atomic E-state index is 9.25. The van der Waals surface area contributed by atoms with Crippen molar-refractivity contribution in [3.63, 3.8) is 0 Å². The Bertz CT molecular complexity index is 983. The van der Waals surface area contributed by atoms with Gasteiger partial charge in [-0.1, -0.05) is 36.4 Å². The standard InChI is InChI=1S/C12H11NO.C11H9NO.H2O/c1-14-11-6-4-5-10(9-11)12-7-2-3-8-13-12;13-10-5-3-4-9(8-10)11-6-1-2-7-12-11;/h2-9H,1H3;1-8,13H;1H2/i/hD. The quantitative estimate of drug-likeness (QED) is 0.575. The summed E-state index contributed by atoms with van der Waals surface area (Å²) < 4.78 is 9.90. The molecule has 3 N–H and O–H groups in total. The molecular formula is C23H22N2O3. The molecule has 0 bridgehead atoms. The number of rotatable bonds is 3. The van der Waals surface area contributed by atoms with E-state index in [0.717, 1.165) is 28.3 Å². The van der Waals surface area contributed by atoms with Crippen molar-refractivity contribution in [2.24, 2.45) is 0 Å². The molecule has 0 aliphatic carbocycles. The fraction of sp³-hybridized carbons (Fsp3) is 0.0435. The average molecular weight is 375 g/mol. The number of phenolic OH excluding ortho intramolecular Hbond substituents is 1. The smallest absolute Gasteiger partial charge is 0.206 e. The van der Waals surface area contributed by atoms with Crippen molar-refractivity contribution in [1.82, 2.24) is 9.97 Å². The maximum absolute atomic E-state index is 9.25. The zero-order valence-electron chi connectivity index (χ0n) is 16.4. The number of nitrogens with zero attached hydrogens (tertiary/aromatic N) is 2. The zero-order chi connectivity index (χ0) is 20.9. The van der Waals surface area contributed by atoms with Gasteiger partial charge in [-0.3, -0.25) is 9.97 Å². The molecule has 28 heavy (non-hydrogen) atoms. The molecule has 4 rings (SSSR count). The monoisotopic (exact) mass is 375 g/mol. The van der Waals surface area contributed by atoms with Gasteiger partial charge in [-0.15, -0.1) is 0 Å². The Kier molecular flexibility index (Phi) is 7.12. The molecule has 2 aromatic heterocycles. The summed E-state index contributed by atoms with van der Waals surface area (Å²) in [6.07, 6.45) is 3.52. The summed E-state index contributed by atoms with van der Waals surface area (Å²) >= 11 is 0. The first-order chi connectivity index (χ1) is 14.3. The van der Waals surface area contributed by atoms with Crippen LogP contribution >= 0.6 is 0 Å². The van der Waals surface area contributed by atoms with Crippen LogP contribution in [0.4, 0.5) is 0 Å². The van der Waals surface area contributed by atoms with Crippen molar-refractivity contribution in [3.8, 4) is 34.0 Å². The number of benzene rings is 2. The molecule has 0 atom stereocenters. The second-order valence-electron chi connectivity index (χ2n) is 5.71. The Morgan fingerprint density at radius 3 is 1.82 bits per heavy atom. The van der Waals surface area contributed by atoms with E-state index in [1.165, 1.54) is 0 Å². The van der Waals surface area contributed by atoms with Crippen LogP contribution in [0, 0.1) is 0 Å². The van der Waals surface area contributed by atoms with E-state index in [1.807, 2.05) is 66.7 Å². The van der Waals surface area contributed by atoms with E-state index in [2.05, 4.69) is 9.97 Å². The molecule has 0 spiro atoms. The summed E-state index contributed by atoms with van der Waals surface area (Å²) in [4.78, 5) is 8.45. The lowest BCUT2D eigenvalue weighted by molar-refractivity contribution is 0.415. The first-order valence-corrected chi connectivity index (χ1v) is 8.52. The van der Waals surface area contributed by atoms with Crippen LogP contribution in [-0.4, -0.2) is 27.7 Å². The number of hydrogen-bond acceptors (Lipinski definition) is 4. The second-order valence-corrected chi connectivity index (χ2v) is 5.71. The van der Waals surface area contributed by atoms with Gasteiger partial charge in [0.15, 0.2) is 0 Å². The van der Waals surface area contributed by atoms with Gasteiger partial charge in [-0.2, -0.15) is 0 Å². The Hall–Kier alpha value is -3.70. The lowest BCUT2D eigenvalue weighted by atomic mass is 10.1. The van der Waals surface area contributed by atoms with Gasteiger partial charge in [0.25, 0.3) is 0 Å². The van der Waals surface area contributed by atoms with Crippen molar-refractivity contribution in [2.45, 2.75) is 0 Å². The highest BCUT2D eigenvalue weighted by molar-refractivity contribution is 5.61. The van der Waals surface area contributed by atoms with E-state index < -0.39 is 0 Å². The van der Waals surface area contributed by atoms with Crippen molar-refractivity contribution >= 4 is 0 Å². The van der Waals surface area contributed by atoms with Crippen LogP contribution in [0.25, 0.3) is 22.5 Å². The SMILES string of the molecule is COc1cccc(-c2ccccn2)c1.Oc1cccc(-c2ccccn2)c1.[2H]O. The van der Waals surface area contributed by atoms with Gasteiger partial charge >= 0.3 is 0 Å². The van der Waals surface area contributed by atoms with Gasteiger partial charge in [0.2, 0.25) is 1.43 Å². The molecule has 2 aromatic carbocycles. The maximum Gasteiger partial charge on any atom is 0.206 e. The molecule has 2 heterocycles. The Morgan fingerprint density at radius 2 is 1.32 bits per heavy atom. The van der Waals surface area contributed by atoms with Gasteiger partial charge in [0.1, 0.15) is 11.5 Å². The molecule has 0 saturated heterocycles. The van der Waals surface area contributed by atoms with Crippen molar-refractivity contribution in [3.05, 3.63) is 97.3 Å². The van der Waals surface area contributed by atoms with Crippen molar-refractivity contribution in [2.75, 3.05) is 7.11 Å². The largest absolute Gasteiger partial charge is 0.508 e. The third-order valence-electron chi connectivity index (χ3n) is 3.84. The summed E-state index contributed by atoms with van der Waals surface area (Å²) in [6, 6.07) is 26.5. The fourth-order valence-electron chi connectivity index (χ4n) is 2.51. The molecule has 4 aromatic rings. The minimum Gasteiger partial charge on any atom is -0.508 e. The van der Waals surface area contributed by atoms with Gasteiger partial charge < -0.3 is 15.3 Å². The van der Waals surface area contributed by atoms with E-state index in [0.29, 0.717) is 0 Å². The molecule has 142 valence electrons. The Labute approximate surface area is 165 Å². The number of hydrogen-bond donors (Lipinski definition) is 1. The molecule has 0 radical (unpaired) electrons. The zero-order valence-corrected chi connectivity index (χ0v) is 15.4. The Balaban J connectivity index is 0.000000191. The normalized spacial score (nSPS) is 9.71. The van der Waals surface area contributed by atoms with Gasteiger partial charge in [0.05, 0.1) is 18.5 Å². The summed E-state index contributed by atoms with van der Waals surface area (Å²) in [5.41, 5.74) is 10.1. The van der Waals surface area contributed by atoms with Crippen molar-refractivity contribution in [1.29, 1.82) is 0 Å². The molecule has 0 saturated carbocycles. The minimum atomic E-state index is 0.267. The van der Waals surface area contributed by atoms with E-state index in [4.69, 9.17) is 11.6 Å². The third kappa shape index (κ3) is 5.65. The molecular weight excluding hydrogens is 352 g/mol. The first kappa shape index (κ1) is 19.1. The highest BCUT2D eigenvalue weighted by Crippen LogP contribution is 2.21. The van der Waals surface area contributed by atoms with E-state index in [-0.39, 0.29) is 5.75 Å². The Morgan fingerprint density at radius 1 is 0.750 bits per heavy atom. The molecule has 0 fully saturated rings. The summed E-state index contributed by atoms with van der Waals surface area (Å²) in [5, 5.41) is 9.25. The van der Waals surface area contributed by atoms with Crippen LogP contribution in [0.2, 0.25) is 0 Å². The number of pyridine rings is 2. The van der Waals surface area contributed by atoms with E-state index in [1.54, 1.807) is 37.7 Å². The van der Waals surface area contributed by atoms with Crippen molar-refractivity contribution < 1.29 is 16.8 Å². The molecule has 0 aliphatic heterocycles. The van der Waals surface area contributed by atoms with Gasteiger partial charge in [-0.25, -0.2) is 0 Å². The molecule has 0 amide bonds. The summed E-state index contributed by atoms with van der Waals surface area (Å²) in [5.74, 6) is 1.12. The van der Waals surface area contributed by atoms with Gasteiger partial charge in [-0.05, 0) is 48.5 Å². The topological polar surface area (TPSA) is 86.7 Å². The van der Waals surface area contributed by atoms with E-state index in [9.17, 15) is 5.11 Å². The van der Waals surface area contributed by atoms with Crippen LogP contribution in [0.15, 0.2) is 97.3 Å². The fourth-order valence-corrected chi connectivity index (χ4v) is 2.51. The molecule has 5 heteroatoms. The van der Waals surface area contributed by atoms with Crippen LogP contribution in [0.3, 0.4) is 0 Å². The summed E-state index contributed by atoms with van der Waals surface area (Å²) in [7, 11) is 1.66. The highest BCUT2D eigenvalue weighted by Gasteiger charge is 1.99. The second kappa shape index (κ2) is 10.4. The van der Waals surface area contributed by atoms with Crippen LogP contribution in [0.5, 0.6) is 11.5 Å². The number of aromatic nitrogens is 2. The highest BCUT2D eigenvalue weighted by atomic mass is 16.5. The lowest BCUT2D eigenvalue weighted by Gasteiger charge is -2.03. The summed E-state index contributed by atoms with van der Waals surface area (Å²) in [6.45, 7) is 0. The number of aromatic hydroxyl groups is 1. The number of ether oxygens (including phenoxy) is 1. The van der Waals surface area contributed by atoms with Crippen LogP contribution in [-0.2, 0) is 0 Å². The average Bonchev–Trinajstić information content (AvgIpc) is 2.82. The molecule has 0 unspecified atom stereocenters. The minimum absolute atomic E-state index is 0.267. The molecule has 5 nitrogen and oxygen atoms in total. The lowest BCUT2D eigenvalue weighted by Crippen LogP contribution is -1.85. The van der Waals surface area contributed by atoms with Gasteiger partial charge in [0, 0.05) is 23.5 Å². The number of methoxy groups -OCH3 is 1. The van der Waals surface area contributed by atoms with Crippen LogP contribution < -0.4 is 4.74 Å². The van der Waals surface area contributed by atoms with Crippen LogP contribution in [0.1, 0.15) is 1.43 Å². The first-order valence-electron chi connectivity index (χ1n) is 8.97. The predicted octanol–water partition coefficient (Wildman–Crippen LogP) is 4.39. The number of phenols is 1. The van der Waals surface area contributed by atoms with E-state index >= 15 is 0 Å².